The SMILES string of the molecule is O=C(CN1C(=O)/C(=C/c2ccco2)SC1=S)Nc1cccc(C(=O)O)c1. The van der Waals surface area contributed by atoms with Gasteiger partial charge in [0.1, 0.15) is 16.6 Å². The molecule has 1 aromatic heterocycles. The summed E-state index contributed by atoms with van der Waals surface area (Å²) in [5.41, 5.74) is 0.376. The summed E-state index contributed by atoms with van der Waals surface area (Å²) in [6, 6.07) is 9.23. The predicted octanol–water partition coefficient (Wildman–Crippen LogP) is 2.82. The van der Waals surface area contributed by atoms with E-state index in [1.165, 1.54) is 29.4 Å². The number of nitrogens with one attached hydrogen (secondary N) is 1. The van der Waals surface area contributed by atoms with Crippen molar-refractivity contribution in [3.05, 3.63) is 58.9 Å². The van der Waals surface area contributed by atoms with Crippen LogP contribution < -0.4 is 5.32 Å². The summed E-state index contributed by atoms with van der Waals surface area (Å²) in [5.74, 6) is -1.45. The Morgan fingerprint density at radius 3 is 2.81 bits per heavy atom. The first-order chi connectivity index (χ1) is 12.4. The number of carbonyl (C=O) groups excluding carboxylic acids is 2. The highest BCUT2D eigenvalue weighted by atomic mass is 32.2. The third-order valence-electron chi connectivity index (χ3n) is 3.39. The van der Waals surface area contributed by atoms with Crippen LogP contribution in [0.15, 0.2) is 52.0 Å². The van der Waals surface area contributed by atoms with Crippen LogP contribution in [0, 0.1) is 0 Å². The van der Waals surface area contributed by atoms with E-state index in [4.69, 9.17) is 21.7 Å². The third kappa shape index (κ3) is 4.01. The molecule has 132 valence electrons. The van der Waals surface area contributed by atoms with Gasteiger partial charge < -0.3 is 14.8 Å². The Balaban J connectivity index is 1.67. The summed E-state index contributed by atoms with van der Waals surface area (Å²) in [6.45, 7) is -0.266. The van der Waals surface area contributed by atoms with Crippen LogP contribution in [-0.4, -0.2) is 38.7 Å². The minimum Gasteiger partial charge on any atom is -0.478 e. The predicted molar refractivity (Wildman–Crippen MR) is 101 cm³/mol. The number of rotatable bonds is 5. The number of furan rings is 1. The van der Waals surface area contributed by atoms with E-state index in [-0.39, 0.29) is 22.3 Å². The summed E-state index contributed by atoms with van der Waals surface area (Å²) in [4.78, 5) is 37.2. The van der Waals surface area contributed by atoms with Gasteiger partial charge in [-0.15, -0.1) is 0 Å². The van der Waals surface area contributed by atoms with Crippen molar-refractivity contribution < 1.29 is 23.9 Å². The fraction of sp³-hybridized carbons (Fsp3) is 0.0588. The van der Waals surface area contributed by atoms with Gasteiger partial charge in [-0.25, -0.2) is 4.79 Å². The molecule has 2 aromatic rings. The second kappa shape index (κ2) is 7.54. The molecule has 2 heterocycles. The average molecular weight is 388 g/mol. The molecule has 1 saturated heterocycles. The van der Waals surface area contributed by atoms with Crippen LogP contribution in [0.3, 0.4) is 0 Å². The maximum Gasteiger partial charge on any atom is 0.335 e. The number of carboxylic acid groups (broad SMARTS) is 1. The molecule has 1 aromatic carbocycles. The van der Waals surface area contributed by atoms with E-state index in [0.717, 1.165) is 11.8 Å². The van der Waals surface area contributed by atoms with Crippen LogP contribution in [0.25, 0.3) is 6.08 Å². The maximum atomic E-state index is 12.4. The molecule has 0 spiro atoms. The fourth-order valence-electron chi connectivity index (χ4n) is 2.21. The Morgan fingerprint density at radius 2 is 2.12 bits per heavy atom. The van der Waals surface area contributed by atoms with E-state index < -0.39 is 11.9 Å². The molecule has 9 heteroatoms. The van der Waals surface area contributed by atoms with Crippen molar-refractivity contribution in [2.24, 2.45) is 0 Å². The first-order valence-electron chi connectivity index (χ1n) is 7.36. The Labute approximate surface area is 157 Å². The molecule has 2 N–H and O–H groups in total. The molecule has 1 fully saturated rings. The van der Waals surface area contributed by atoms with Gasteiger partial charge in [0, 0.05) is 11.8 Å². The number of anilines is 1. The molecule has 0 saturated carbocycles. The molecule has 1 aliphatic rings. The Hall–Kier alpha value is -2.91. The summed E-state index contributed by atoms with van der Waals surface area (Å²) in [5, 5.41) is 11.5. The van der Waals surface area contributed by atoms with Crippen molar-refractivity contribution >= 4 is 57.8 Å². The largest absolute Gasteiger partial charge is 0.478 e. The zero-order valence-electron chi connectivity index (χ0n) is 13.2. The van der Waals surface area contributed by atoms with Gasteiger partial charge in [0.2, 0.25) is 5.91 Å². The quantitative estimate of drug-likeness (QED) is 0.600. The number of thioether (sulfide) groups is 1. The average Bonchev–Trinajstić information content (AvgIpc) is 3.19. The van der Waals surface area contributed by atoms with Crippen LogP contribution in [0.5, 0.6) is 0 Å². The minimum absolute atomic E-state index is 0.0507. The van der Waals surface area contributed by atoms with Crippen molar-refractivity contribution in [2.45, 2.75) is 0 Å². The first kappa shape index (κ1) is 17.9. The van der Waals surface area contributed by atoms with Gasteiger partial charge >= 0.3 is 5.97 Å². The van der Waals surface area contributed by atoms with E-state index in [2.05, 4.69) is 5.32 Å². The second-order valence-corrected chi connectivity index (χ2v) is 6.89. The molecule has 7 nitrogen and oxygen atoms in total. The summed E-state index contributed by atoms with van der Waals surface area (Å²) in [7, 11) is 0. The van der Waals surface area contributed by atoms with E-state index in [1.807, 2.05) is 0 Å². The van der Waals surface area contributed by atoms with E-state index in [0.29, 0.717) is 16.4 Å². The number of aromatic carboxylic acids is 1. The highest BCUT2D eigenvalue weighted by Gasteiger charge is 2.33. The van der Waals surface area contributed by atoms with Crippen LogP contribution in [-0.2, 0) is 9.59 Å². The second-order valence-electron chi connectivity index (χ2n) is 5.22. The molecule has 1 aliphatic heterocycles. The highest BCUT2D eigenvalue weighted by molar-refractivity contribution is 8.26. The summed E-state index contributed by atoms with van der Waals surface area (Å²) >= 11 is 6.25. The maximum absolute atomic E-state index is 12.4. The zero-order valence-corrected chi connectivity index (χ0v) is 14.8. The number of carboxylic acids is 1. The van der Waals surface area contributed by atoms with Crippen molar-refractivity contribution in [3.8, 4) is 0 Å². The molecule has 0 unspecified atom stereocenters. The molecule has 0 radical (unpaired) electrons. The smallest absolute Gasteiger partial charge is 0.335 e. The fourth-order valence-corrected chi connectivity index (χ4v) is 3.45. The number of hydrogen-bond acceptors (Lipinski definition) is 6. The van der Waals surface area contributed by atoms with Gasteiger partial charge in [0.05, 0.1) is 16.7 Å². The summed E-state index contributed by atoms with van der Waals surface area (Å²) < 4.78 is 5.44. The molecule has 3 rings (SSSR count). The number of benzene rings is 1. The van der Waals surface area contributed by atoms with Crippen LogP contribution in [0.4, 0.5) is 5.69 Å². The molecule has 0 aliphatic carbocycles. The minimum atomic E-state index is -1.10. The lowest BCUT2D eigenvalue weighted by Gasteiger charge is -2.14. The van der Waals surface area contributed by atoms with Crippen LogP contribution in [0.2, 0.25) is 0 Å². The van der Waals surface area contributed by atoms with E-state index >= 15 is 0 Å². The van der Waals surface area contributed by atoms with Crippen molar-refractivity contribution in [2.75, 3.05) is 11.9 Å². The van der Waals surface area contributed by atoms with Gasteiger partial charge in [-0.1, -0.05) is 30.0 Å². The lowest BCUT2D eigenvalue weighted by atomic mass is 10.2. The van der Waals surface area contributed by atoms with Crippen molar-refractivity contribution in [3.63, 3.8) is 0 Å². The summed E-state index contributed by atoms with van der Waals surface area (Å²) in [6.07, 6.45) is 3.05. The third-order valence-corrected chi connectivity index (χ3v) is 4.76. The number of hydrogen-bond donors (Lipinski definition) is 2. The normalized spacial score (nSPS) is 15.5. The first-order valence-corrected chi connectivity index (χ1v) is 8.58. The Morgan fingerprint density at radius 1 is 1.31 bits per heavy atom. The Kier molecular flexibility index (Phi) is 5.19. The Bertz CT molecular complexity index is 921. The topological polar surface area (TPSA) is 99.9 Å². The standard InChI is InChI=1S/C17H12N2O5S2/c20-14(18-11-4-1-3-10(7-11)16(22)23)9-19-15(21)13(26-17(19)25)8-12-5-2-6-24-12/h1-8H,9H2,(H,18,20)(H,22,23)/b13-8-. The van der Waals surface area contributed by atoms with Gasteiger partial charge in [0.25, 0.3) is 5.91 Å². The van der Waals surface area contributed by atoms with E-state index in [9.17, 15) is 14.4 Å². The van der Waals surface area contributed by atoms with Crippen LogP contribution in [0.1, 0.15) is 16.1 Å². The molecule has 0 bridgehead atoms. The van der Waals surface area contributed by atoms with E-state index in [1.54, 1.807) is 24.3 Å². The van der Waals surface area contributed by atoms with Crippen molar-refractivity contribution in [1.82, 2.24) is 4.90 Å². The lowest BCUT2D eigenvalue weighted by molar-refractivity contribution is -0.126. The van der Waals surface area contributed by atoms with Crippen molar-refractivity contribution in [1.29, 1.82) is 0 Å². The van der Waals surface area contributed by atoms with Gasteiger partial charge in [-0.2, -0.15) is 0 Å². The molecule has 0 atom stereocenters. The zero-order chi connectivity index (χ0) is 18.7. The molecule has 26 heavy (non-hydrogen) atoms. The number of amides is 2. The highest BCUT2D eigenvalue weighted by Crippen LogP contribution is 2.32. The molecular formula is C17H12N2O5S2. The monoisotopic (exact) mass is 388 g/mol. The van der Waals surface area contributed by atoms with Crippen LogP contribution >= 0.6 is 24.0 Å². The van der Waals surface area contributed by atoms with Gasteiger partial charge in [0.15, 0.2) is 0 Å². The molecule has 2 amide bonds. The number of nitrogens with zero attached hydrogens (tertiary/aromatic N) is 1. The van der Waals surface area contributed by atoms with Gasteiger partial charge in [-0.05, 0) is 30.3 Å². The lowest BCUT2D eigenvalue weighted by Crippen LogP contribution is -2.36. The number of carbonyl (C=O) groups is 3. The number of thiocarbonyl (C=S) groups is 1. The molecular weight excluding hydrogens is 376 g/mol. The van der Waals surface area contributed by atoms with Gasteiger partial charge in [-0.3, -0.25) is 14.5 Å².